The van der Waals surface area contributed by atoms with Crippen molar-refractivity contribution in [1.29, 1.82) is 0 Å². The van der Waals surface area contributed by atoms with Gasteiger partial charge in [0.15, 0.2) is 0 Å². The number of methoxy groups -OCH3 is 1. The van der Waals surface area contributed by atoms with Crippen molar-refractivity contribution in [2.45, 2.75) is 51.4 Å². The van der Waals surface area contributed by atoms with Gasteiger partial charge in [-0.2, -0.15) is 13.2 Å². The molecule has 1 atom stereocenters. The van der Waals surface area contributed by atoms with E-state index in [0.717, 1.165) is 12.0 Å². The largest absolute Gasteiger partial charge is 0.466 e. The summed E-state index contributed by atoms with van der Waals surface area (Å²) in [7, 11) is 0.924. The predicted octanol–water partition coefficient (Wildman–Crippen LogP) is 3.08. The summed E-state index contributed by atoms with van der Waals surface area (Å²) in [6, 6.07) is 8.38. The summed E-state index contributed by atoms with van der Waals surface area (Å²) in [6.45, 7) is 2.83. The SMILES string of the molecule is CCCCC(=O)N[C@@]1(C(F)(F)F)C(=O)N(Cc2ccccc2)C(C)=C1C(=O)OC. The van der Waals surface area contributed by atoms with E-state index in [4.69, 9.17) is 0 Å². The molecule has 0 radical (unpaired) electrons. The first kappa shape index (κ1) is 22.4. The van der Waals surface area contributed by atoms with Crippen LogP contribution in [-0.2, 0) is 25.7 Å². The van der Waals surface area contributed by atoms with E-state index in [-0.39, 0.29) is 18.7 Å². The van der Waals surface area contributed by atoms with Gasteiger partial charge in [-0.25, -0.2) is 4.79 Å². The van der Waals surface area contributed by atoms with Crippen molar-refractivity contribution in [1.82, 2.24) is 10.2 Å². The fourth-order valence-corrected chi connectivity index (χ4v) is 3.29. The Labute approximate surface area is 166 Å². The van der Waals surface area contributed by atoms with Gasteiger partial charge in [0.2, 0.25) is 11.4 Å². The molecule has 29 heavy (non-hydrogen) atoms. The normalized spacial score (nSPS) is 19.5. The standard InChI is InChI=1S/C20H23F3N2O4/c1-4-5-11-15(26)24-19(20(21,22)23)16(17(27)29-3)13(2)25(18(19)28)12-14-9-7-6-8-10-14/h6-10H,4-5,11-12H2,1-3H3,(H,24,26)/t19-/m1/s1. The summed E-state index contributed by atoms with van der Waals surface area (Å²) in [6.07, 6.45) is -4.52. The lowest BCUT2D eigenvalue weighted by Crippen LogP contribution is -2.66. The van der Waals surface area contributed by atoms with Crippen molar-refractivity contribution in [2.24, 2.45) is 0 Å². The van der Waals surface area contributed by atoms with Crippen molar-refractivity contribution in [3.05, 3.63) is 47.2 Å². The first-order chi connectivity index (χ1) is 13.6. The highest BCUT2D eigenvalue weighted by Gasteiger charge is 2.70. The number of amides is 2. The van der Waals surface area contributed by atoms with Crippen LogP contribution in [0.25, 0.3) is 0 Å². The molecule has 1 aliphatic heterocycles. The van der Waals surface area contributed by atoms with Crippen LogP contribution in [0.5, 0.6) is 0 Å². The third kappa shape index (κ3) is 4.13. The maximum atomic E-state index is 14.3. The average molecular weight is 412 g/mol. The molecule has 0 aromatic heterocycles. The van der Waals surface area contributed by atoms with Crippen LogP contribution in [0.1, 0.15) is 38.7 Å². The van der Waals surface area contributed by atoms with E-state index in [1.54, 1.807) is 37.3 Å². The van der Waals surface area contributed by atoms with Crippen molar-refractivity contribution < 1.29 is 32.3 Å². The van der Waals surface area contributed by atoms with Gasteiger partial charge in [-0.1, -0.05) is 43.7 Å². The number of ether oxygens (including phenoxy) is 1. The van der Waals surface area contributed by atoms with Crippen molar-refractivity contribution in [3.63, 3.8) is 0 Å². The number of esters is 1. The number of halogens is 3. The smallest absolute Gasteiger partial charge is 0.425 e. The molecule has 0 fully saturated rings. The first-order valence-electron chi connectivity index (χ1n) is 9.13. The Kier molecular flexibility index (Phi) is 6.71. The number of nitrogens with one attached hydrogen (secondary N) is 1. The highest BCUT2D eigenvalue weighted by molar-refractivity contribution is 6.10. The van der Waals surface area contributed by atoms with E-state index in [0.29, 0.717) is 18.4 Å². The fourth-order valence-electron chi connectivity index (χ4n) is 3.29. The van der Waals surface area contributed by atoms with Crippen molar-refractivity contribution >= 4 is 17.8 Å². The highest BCUT2D eigenvalue weighted by atomic mass is 19.4. The topological polar surface area (TPSA) is 75.7 Å². The lowest BCUT2D eigenvalue weighted by molar-refractivity contribution is -0.196. The van der Waals surface area contributed by atoms with Gasteiger partial charge in [-0.05, 0) is 18.9 Å². The molecule has 1 heterocycles. The number of hydrogen-bond donors (Lipinski definition) is 1. The van der Waals surface area contributed by atoms with Gasteiger partial charge in [0, 0.05) is 12.1 Å². The van der Waals surface area contributed by atoms with E-state index in [1.807, 2.05) is 5.32 Å². The number of carbonyl (C=O) groups is 3. The maximum absolute atomic E-state index is 14.3. The third-order valence-corrected chi connectivity index (χ3v) is 4.79. The number of hydrogen-bond acceptors (Lipinski definition) is 4. The van der Waals surface area contributed by atoms with Gasteiger partial charge in [0.05, 0.1) is 13.7 Å². The number of nitrogens with zero attached hydrogens (tertiary/aromatic N) is 1. The van der Waals surface area contributed by atoms with Crippen LogP contribution >= 0.6 is 0 Å². The van der Waals surface area contributed by atoms with Crippen LogP contribution in [0.4, 0.5) is 13.2 Å². The van der Waals surface area contributed by atoms with E-state index >= 15 is 0 Å². The highest BCUT2D eigenvalue weighted by Crippen LogP contribution is 2.45. The molecule has 2 rings (SSSR count). The molecule has 9 heteroatoms. The number of carbonyl (C=O) groups excluding carboxylic acids is 3. The van der Waals surface area contributed by atoms with E-state index in [2.05, 4.69) is 4.74 Å². The molecule has 158 valence electrons. The summed E-state index contributed by atoms with van der Waals surface area (Å²) in [5.74, 6) is -3.72. The molecule has 6 nitrogen and oxygen atoms in total. The maximum Gasteiger partial charge on any atom is 0.425 e. The second-order valence-corrected chi connectivity index (χ2v) is 6.73. The summed E-state index contributed by atoms with van der Waals surface area (Å²) >= 11 is 0. The molecule has 0 saturated heterocycles. The quantitative estimate of drug-likeness (QED) is 0.699. The molecule has 2 amide bonds. The van der Waals surface area contributed by atoms with Gasteiger partial charge >= 0.3 is 12.1 Å². The zero-order valence-corrected chi connectivity index (χ0v) is 16.4. The Morgan fingerprint density at radius 2 is 1.83 bits per heavy atom. The number of rotatable bonds is 7. The Hall–Kier alpha value is -2.84. The van der Waals surface area contributed by atoms with Gasteiger partial charge in [0.25, 0.3) is 5.91 Å². The van der Waals surface area contributed by atoms with Gasteiger partial charge in [-0.3, -0.25) is 9.59 Å². The zero-order chi connectivity index (χ0) is 21.8. The molecule has 1 aliphatic rings. The van der Waals surface area contributed by atoms with Crippen molar-refractivity contribution in [2.75, 3.05) is 7.11 Å². The van der Waals surface area contributed by atoms with Crippen LogP contribution in [-0.4, -0.2) is 41.5 Å². The molecular formula is C20H23F3N2O4. The Morgan fingerprint density at radius 1 is 1.21 bits per heavy atom. The fraction of sp³-hybridized carbons (Fsp3) is 0.450. The van der Waals surface area contributed by atoms with Crippen LogP contribution in [0.15, 0.2) is 41.6 Å². The van der Waals surface area contributed by atoms with Gasteiger partial charge < -0.3 is 15.0 Å². The van der Waals surface area contributed by atoms with Crippen LogP contribution in [0.3, 0.4) is 0 Å². The minimum absolute atomic E-state index is 0.186. The summed E-state index contributed by atoms with van der Waals surface area (Å²) < 4.78 is 47.4. The molecular weight excluding hydrogens is 389 g/mol. The third-order valence-electron chi connectivity index (χ3n) is 4.79. The van der Waals surface area contributed by atoms with Gasteiger partial charge in [-0.15, -0.1) is 0 Å². The van der Waals surface area contributed by atoms with E-state index in [1.165, 1.54) is 6.92 Å². The molecule has 0 bridgehead atoms. The lowest BCUT2D eigenvalue weighted by atomic mass is 9.89. The van der Waals surface area contributed by atoms with Crippen LogP contribution in [0.2, 0.25) is 0 Å². The monoisotopic (exact) mass is 412 g/mol. The van der Waals surface area contributed by atoms with Crippen LogP contribution < -0.4 is 5.32 Å². The average Bonchev–Trinajstić information content (AvgIpc) is 2.88. The second-order valence-electron chi connectivity index (χ2n) is 6.73. The summed E-state index contributed by atoms with van der Waals surface area (Å²) in [4.78, 5) is 38.5. The Bertz CT molecular complexity index is 821. The number of allylic oxidation sites excluding steroid dienone is 1. The predicted molar refractivity (Wildman–Crippen MR) is 98.2 cm³/mol. The second kappa shape index (κ2) is 8.67. The van der Waals surface area contributed by atoms with E-state index in [9.17, 15) is 27.6 Å². The van der Waals surface area contributed by atoms with Crippen LogP contribution in [0, 0.1) is 0 Å². The van der Waals surface area contributed by atoms with Crippen molar-refractivity contribution in [3.8, 4) is 0 Å². The lowest BCUT2D eigenvalue weighted by Gasteiger charge is -2.33. The molecule has 0 saturated carbocycles. The first-order valence-corrected chi connectivity index (χ1v) is 9.13. The number of benzene rings is 1. The molecule has 1 aromatic rings. The molecule has 0 spiro atoms. The molecule has 0 unspecified atom stereocenters. The number of alkyl halides is 3. The molecule has 1 N–H and O–H groups in total. The minimum Gasteiger partial charge on any atom is -0.466 e. The van der Waals surface area contributed by atoms with E-state index < -0.39 is 35.1 Å². The van der Waals surface area contributed by atoms with Gasteiger partial charge in [0.1, 0.15) is 5.57 Å². The molecule has 1 aromatic carbocycles. The zero-order valence-electron chi connectivity index (χ0n) is 16.4. The number of unbranched alkanes of at least 4 members (excludes halogenated alkanes) is 1. The molecule has 0 aliphatic carbocycles. The Morgan fingerprint density at radius 3 is 2.34 bits per heavy atom. The minimum atomic E-state index is -5.25. The summed E-state index contributed by atoms with van der Waals surface area (Å²) in [5.41, 5.74) is -4.04. The Balaban J connectivity index is 2.58. The summed E-state index contributed by atoms with van der Waals surface area (Å²) in [5, 5.41) is 1.81.